The number of hydrogen-bond donors (Lipinski definition) is 0. The van der Waals surface area contributed by atoms with Crippen molar-refractivity contribution in [3.63, 3.8) is 0 Å². The number of aromatic nitrogens is 4. The Morgan fingerprint density at radius 2 is 2.16 bits per heavy atom. The zero-order valence-electron chi connectivity index (χ0n) is 9.62. The molecule has 3 rings (SSSR count). The van der Waals surface area contributed by atoms with Gasteiger partial charge in [0.15, 0.2) is 5.82 Å². The lowest BCUT2D eigenvalue weighted by Gasteiger charge is -1.96. The second kappa shape index (κ2) is 4.60. The van der Waals surface area contributed by atoms with Gasteiger partial charge in [-0.3, -0.25) is 0 Å². The van der Waals surface area contributed by atoms with Gasteiger partial charge in [-0.2, -0.15) is 4.98 Å². The van der Waals surface area contributed by atoms with Crippen molar-refractivity contribution in [2.45, 2.75) is 6.54 Å². The molecule has 0 atom stereocenters. The number of nitrogens with zero attached hydrogens (tertiary/aromatic N) is 4. The van der Waals surface area contributed by atoms with Crippen molar-refractivity contribution in [3.8, 4) is 11.5 Å². The predicted octanol–water partition coefficient (Wildman–Crippen LogP) is 2.26. The van der Waals surface area contributed by atoms with Gasteiger partial charge in [-0.25, -0.2) is 13.8 Å². The van der Waals surface area contributed by atoms with E-state index in [4.69, 9.17) is 4.52 Å². The summed E-state index contributed by atoms with van der Waals surface area (Å²) in [7, 11) is 0. The average molecular weight is 262 g/mol. The van der Waals surface area contributed by atoms with Crippen LogP contribution in [0.4, 0.5) is 8.78 Å². The summed E-state index contributed by atoms with van der Waals surface area (Å²) in [5.74, 6) is -0.985. The summed E-state index contributed by atoms with van der Waals surface area (Å²) in [5, 5.41) is 3.74. The minimum absolute atomic E-state index is 0.0209. The van der Waals surface area contributed by atoms with Crippen molar-refractivity contribution in [2.24, 2.45) is 0 Å². The molecule has 0 amide bonds. The Morgan fingerprint density at radius 1 is 1.26 bits per heavy atom. The smallest absolute Gasteiger partial charge is 0.260 e. The van der Waals surface area contributed by atoms with Gasteiger partial charge >= 0.3 is 0 Å². The minimum atomic E-state index is -0.738. The van der Waals surface area contributed by atoms with E-state index in [2.05, 4.69) is 15.1 Å². The van der Waals surface area contributed by atoms with Crippen LogP contribution in [0.2, 0.25) is 0 Å². The van der Waals surface area contributed by atoms with Gasteiger partial charge in [0.05, 0.1) is 18.4 Å². The van der Waals surface area contributed by atoms with Gasteiger partial charge in [0.25, 0.3) is 5.89 Å². The Labute approximate surface area is 106 Å². The highest BCUT2D eigenvalue weighted by molar-refractivity contribution is 5.53. The maximum Gasteiger partial charge on any atom is 0.260 e. The van der Waals surface area contributed by atoms with Crippen molar-refractivity contribution >= 4 is 0 Å². The largest absolute Gasteiger partial charge is 0.334 e. The van der Waals surface area contributed by atoms with E-state index in [1.165, 1.54) is 6.07 Å². The van der Waals surface area contributed by atoms with Crippen molar-refractivity contribution in [2.75, 3.05) is 0 Å². The topological polar surface area (TPSA) is 56.7 Å². The molecular weight excluding hydrogens is 254 g/mol. The maximum absolute atomic E-state index is 13.5. The molecule has 0 spiro atoms. The molecule has 0 saturated carbocycles. The van der Waals surface area contributed by atoms with Gasteiger partial charge in [-0.15, -0.1) is 0 Å². The quantitative estimate of drug-likeness (QED) is 0.726. The third-order valence-corrected chi connectivity index (χ3v) is 2.51. The molecule has 5 nitrogen and oxygen atoms in total. The van der Waals surface area contributed by atoms with Crippen LogP contribution in [0.15, 0.2) is 41.4 Å². The molecule has 0 unspecified atom stereocenters. The van der Waals surface area contributed by atoms with Crippen molar-refractivity contribution < 1.29 is 13.3 Å². The zero-order chi connectivity index (χ0) is 13.2. The van der Waals surface area contributed by atoms with Gasteiger partial charge in [0, 0.05) is 18.5 Å². The Kier molecular flexibility index (Phi) is 2.79. The molecule has 0 N–H and O–H groups in total. The third-order valence-electron chi connectivity index (χ3n) is 2.51. The lowest BCUT2D eigenvalue weighted by Crippen LogP contribution is -1.98. The minimum Gasteiger partial charge on any atom is -0.334 e. The number of halogens is 2. The summed E-state index contributed by atoms with van der Waals surface area (Å²) in [6.07, 6.45) is 4.98. The summed E-state index contributed by atoms with van der Waals surface area (Å²) in [4.78, 5) is 7.94. The lowest BCUT2D eigenvalue weighted by molar-refractivity contribution is 0.418. The second-order valence-corrected chi connectivity index (χ2v) is 3.87. The van der Waals surface area contributed by atoms with Crippen LogP contribution in [0.5, 0.6) is 0 Å². The maximum atomic E-state index is 13.5. The monoisotopic (exact) mass is 262 g/mol. The van der Waals surface area contributed by atoms with Gasteiger partial charge in [-0.1, -0.05) is 5.16 Å². The molecule has 1 aromatic carbocycles. The number of hydrogen-bond acceptors (Lipinski definition) is 4. The van der Waals surface area contributed by atoms with E-state index >= 15 is 0 Å². The Morgan fingerprint density at radius 3 is 2.89 bits per heavy atom. The summed E-state index contributed by atoms with van der Waals surface area (Å²) in [6.45, 7) is 0.367. The molecule has 96 valence electrons. The first-order chi connectivity index (χ1) is 9.22. The van der Waals surface area contributed by atoms with Crippen LogP contribution < -0.4 is 0 Å². The van der Waals surface area contributed by atoms with Crippen molar-refractivity contribution in [1.29, 1.82) is 0 Å². The van der Waals surface area contributed by atoms with Crippen LogP contribution >= 0.6 is 0 Å². The van der Waals surface area contributed by atoms with E-state index in [-0.39, 0.29) is 11.5 Å². The highest BCUT2D eigenvalue weighted by Gasteiger charge is 2.14. The molecule has 0 radical (unpaired) electrons. The molecule has 2 heterocycles. The van der Waals surface area contributed by atoms with E-state index in [1.807, 2.05) is 0 Å². The normalized spacial score (nSPS) is 10.8. The van der Waals surface area contributed by atoms with E-state index < -0.39 is 11.6 Å². The first-order valence-electron chi connectivity index (χ1n) is 5.46. The van der Waals surface area contributed by atoms with E-state index in [9.17, 15) is 8.78 Å². The molecule has 0 aliphatic heterocycles. The summed E-state index contributed by atoms with van der Waals surface area (Å²) >= 11 is 0. The second-order valence-electron chi connectivity index (χ2n) is 3.87. The van der Waals surface area contributed by atoms with Gasteiger partial charge in [0.2, 0.25) is 0 Å². The van der Waals surface area contributed by atoms with Crippen LogP contribution in [0, 0.1) is 11.6 Å². The van der Waals surface area contributed by atoms with Crippen molar-refractivity contribution in [1.82, 2.24) is 19.7 Å². The van der Waals surface area contributed by atoms with Crippen LogP contribution in [-0.2, 0) is 6.54 Å². The van der Waals surface area contributed by atoms with Crippen molar-refractivity contribution in [3.05, 3.63) is 54.4 Å². The molecule has 19 heavy (non-hydrogen) atoms. The Balaban J connectivity index is 1.88. The summed E-state index contributed by atoms with van der Waals surface area (Å²) in [6, 6.07) is 3.17. The van der Waals surface area contributed by atoms with Crippen LogP contribution in [0.3, 0.4) is 0 Å². The first-order valence-corrected chi connectivity index (χ1v) is 5.46. The molecule has 0 bridgehead atoms. The van der Waals surface area contributed by atoms with Gasteiger partial charge in [0.1, 0.15) is 11.6 Å². The van der Waals surface area contributed by atoms with E-state index in [0.29, 0.717) is 12.4 Å². The summed E-state index contributed by atoms with van der Waals surface area (Å²) < 4.78 is 33.1. The standard InChI is InChI=1S/C12H8F2N4O/c13-8-1-2-9(10(14)5-8)12-16-11(17-19-12)6-18-4-3-15-7-18/h1-5,7H,6H2. The number of rotatable bonds is 3. The molecule has 0 aliphatic carbocycles. The lowest BCUT2D eigenvalue weighted by atomic mass is 10.2. The van der Waals surface area contributed by atoms with Gasteiger partial charge in [-0.05, 0) is 12.1 Å². The SMILES string of the molecule is Fc1ccc(-c2nc(Cn3ccnc3)no2)c(F)c1. The predicted molar refractivity (Wildman–Crippen MR) is 61.0 cm³/mol. The molecule has 3 aromatic rings. The number of benzene rings is 1. The van der Waals surface area contributed by atoms with Gasteiger partial charge < -0.3 is 9.09 Å². The fourth-order valence-corrected chi connectivity index (χ4v) is 1.63. The van der Waals surface area contributed by atoms with Crippen LogP contribution in [-0.4, -0.2) is 19.7 Å². The van der Waals surface area contributed by atoms with Crippen LogP contribution in [0.1, 0.15) is 5.82 Å². The number of imidazole rings is 1. The third kappa shape index (κ3) is 2.35. The molecular formula is C12H8F2N4O. The average Bonchev–Trinajstić information content (AvgIpc) is 3.01. The summed E-state index contributed by atoms with van der Waals surface area (Å²) in [5.41, 5.74) is 0.0748. The Bertz CT molecular complexity index is 694. The fraction of sp³-hybridized carbons (Fsp3) is 0.0833. The molecule has 0 aliphatic rings. The highest BCUT2D eigenvalue weighted by Crippen LogP contribution is 2.21. The molecule has 2 aromatic heterocycles. The molecule has 0 saturated heterocycles. The fourth-order valence-electron chi connectivity index (χ4n) is 1.63. The van der Waals surface area contributed by atoms with E-state index in [0.717, 1.165) is 12.1 Å². The zero-order valence-corrected chi connectivity index (χ0v) is 9.62. The highest BCUT2D eigenvalue weighted by atomic mass is 19.1. The molecule has 7 heteroatoms. The first kappa shape index (κ1) is 11.5. The Hall–Kier alpha value is -2.57. The van der Waals surface area contributed by atoms with E-state index in [1.54, 1.807) is 23.3 Å². The van der Waals surface area contributed by atoms with Crippen LogP contribution in [0.25, 0.3) is 11.5 Å². The molecule has 0 fully saturated rings.